The summed E-state index contributed by atoms with van der Waals surface area (Å²) in [5.41, 5.74) is 8.67. The number of anilines is 1. The third-order valence-corrected chi connectivity index (χ3v) is 4.41. The van der Waals surface area contributed by atoms with Gasteiger partial charge in [-0.1, -0.05) is 12.1 Å². The van der Waals surface area contributed by atoms with E-state index in [4.69, 9.17) is 5.73 Å². The number of hydrogen-bond acceptors (Lipinski definition) is 4. The van der Waals surface area contributed by atoms with Gasteiger partial charge in [-0.25, -0.2) is 4.98 Å². The average molecular weight is 287 g/mol. The van der Waals surface area contributed by atoms with Crippen LogP contribution >= 0.6 is 11.3 Å². The smallest absolute Gasteiger partial charge is 0.227 e. The number of nitrogens with zero attached hydrogens (tertiary/aromatic N) is 2. The molecule has 1 atom stereocenters. The number of thiazole rings is 1. The molecule has 2 N–H and O–H groups in total. The second-order valence-electron chi connectivity index (χ2n) is 5.11. The van der Waals surface area contributed by atoms with Crippen molar-refractivity contribution in [3.8, 4) is 11.3 Å². The molecule has 1 aliphatic heterocycles. The van der Waals surface area contributed by atoms with Crippen molar-refractivity contribution in [1.82, 2.24) is 4.98 Å². The highest BCUT2D eigenvalue weighted by atomic mass is 32.1. The molecule has 3 rings (SSSR count). The minimum atomic E-state index is 0.165. The molecule has 5 heteroatoms. The van der Waals surface area contributed by atoms with Crippen molar-refractivity contribution in [1.29, 1.82) is 0 Å². The zero-order valence-electron chi connectivity index (χ0n) is 11.4. The summed E-state index contributed by atoms with van der Waals surface area (Å²) >= 11 is 1.64. The lowest BCUT2D eigenvalue weighted by Crippen LogP contribution is -2.25. The van der Waals surface area contributed by atoms with Crippen LogP contribution in [0.4, 0.5) is 5.69 Å². The molecule has 4 nitrogen and oxygen atoms in total. The van der Waals surface area contributed by atoms with Crippen molar-refractivity contribution in [3.05, 3.63) is 34.7 Å². The van der Waals surface area contributed by atoms with Gasteiger partial charge in [0, 0.05) is 29.6 Å². The predicted molar refractivity (Wildman–Crippen MR) is 81.8 cm³/mol. The highest BCUT2D eigenvalue weighted by molar-refractivity contribution is 7.09. The van der Waals surface area contributed by atoms with E-state index in [9.17, 15) is 4.79 Å². The zero-order chi connectivity index (χ0) is 14.1. The van der Waals surface area contributed by atoms with Crippen molar-refractivity contribution >= 4 is 22.9 Å². The average Bonchev–Trinajstić information content (AvgIpc) is 3.05. The zero-order valence-corrected chi connectivity index (χ0v) is 12.2. The van der Waals surface area contributed by atoms with Crippen LogP contribution in [0.15, 0.2) is 29.6 Å². The summed E-state index contributed by atoms with van der Waals surface area (Å²) in [7, 11) is 0. The Labute approximate surface area is 122 Å². The summed E-state index contributed by atoms with van der Waals surface area (Å²) in [6.45, 7) is 3.29. The maximum absolute atomic E-state index is 12.0. The summed E-state index contributed by atoms with van der Waals surface area (Å²) in [6, 6.07) is 8.02. The van der Waals surface area contributed by atoms with Crippen LogP contribution in [0.3, 0.4) is 0 Å². The number of rotatable bonds is 3. The third kappa shape index (κ3) is 2.46. The van der Waals surface area contributed by atoms with E-state index in [1.165, 1.54) is 0 Å². The third-order valence-electron chi connectivity index (χ3n) is 3.63. The van der Waals surface area contributed by atoms with Crippen molar-refractivity contribution in [2.24, 2.45) is 11.7 Å². The lowest BCUT2D eigenvalue weighted by atomic mass is 10.1. The molecule has 1 unspecified atom stereocenters. The molecule has 1 aliphatic rings. The van der Waals surface area contributed by atoms with Gasteiger partial charge in [-0.2, -0.15) is 0 Å². The van der Waals surface area contributed by atoms with E-state index in [0.29, 0.717) is 13.0 Å². The number of nitrogens with two attached hydrogens (primary N) is 1. The number of aromatic nitrogens is 1. The van der Waals surface area contributed by atoms with E-state index >= 15 is 0 Å². The highest BCUT2D eigenvalue weighted by Gasteiger charge is 2.29. The summed E-state index contributed by atoms with van der Waals surface area (Å²) in [5, 5.41) is 3.11. The molecule has 2 aromatic rings. The molecule has 0 spiro atoms. The number of amides is 1. The fraction of sp³-hybridized carbons (Fsp3) is 0.333. The summed E-state index contributed by atoms with van der Waals surface area (Å²) in [4.78, 5) is 18.3. The van der Waals surface area contributed by atoms with E-state index in [2.05, 4.69) is 10.4 Å². The number of benzene rings is 1. The van der Waals surface area contributed by atoms with Gasteiger partial charge >= 0.3 is 0 Å². The van der Waals surface area contributed by atoms with Crippen LogP contribution in [0.5, 0.6) is 0 Å². The molecular weight excluding hydrogens is 270 g/mol. The molecule has 1 aromatic heterocycles. The van der Waals surface area contributed by atoms with E-state index < -0.39 is 0 Å². The Bertz CT molecular complexity index is 620. The minimum Gasteiger partial charge on any atom is -0.330 e. The fourth-order valence-corrected chi connectivity index (χ4v) is 3.12. The second-order valence-corrected chi connectivity index (χ2v) is 6.17. The Morgan fingerprint density at radius 3 is 2.70 bits per heavy atom. The van der Waals surface area contributed by atoms with Gasteiger partial charge in [0.15, 0.2) is 0 Å². The molecule has 0 saturated carbocycles. The first-order valence-electron chi connectivity index (χ1n) is 6.70. The quantitative estimate of drug-likeness (QED) is 0.943. The van der Waals surface area contributed by atoms with E-state index in [1.54, 1.807) is 11.3 Å². The van der Waals surface area contributed by atoms with Crippen molar-refractivity contribution in [2.75, 3.05) is 18.0 Å². The fourth-order valence-electron chi connectivity index (χ4n) is 2.50. The van der Waals surface area contributed by atoms with E-state index in [0.717, 1.165) is 28.5 Å². The number of aryl methyl sites for hydroxylation is 1. The Balaban J connectivity index is 1.81. The Hall–Kier alpha value is -1.72. The maximum Gasteiger partial charge on any atom is 0.227 e. The minimum absolute atomic E-state index is 0.165. The molecular formula is C15H17N3OS. The van der Waals surface area contributed by atoms with Gasteiger partial charge < -0.3 is 10.6 Å². The number of carbonyl (C=O) groups excluding carboxylic acids is 1. The molecule has 1 amide bonds. The molecule has 1 aromatic carbocycles. The van der Waals surface area contributed by atoms with E-state index in [1.807, 2.05) is 36.1 Å². The molecule has 20 heavy (non-hydrogen) atoms. The first kappa shape index (κ1) is 13.3. The van der Waals surface area contributed by atoms with Crippen LogP contribution < -0.4 is 10.6 Å². The van der Waals surface area contributed by atoms with E-state index in [-0.39, 0.29) is 11.8 Å². The molecule has 104 valence electrons. The van der Waals surface area contributed by atoms with Gasteiger partial charge in [0.05, 0.1) is 10.7 Å². The van der Waals surface area contributed by atoms with Gasteiger partial charge in [0.25, 0.3) is 0 Å². The van der Waals surface area contributed by atoms with Gasteiger partial charge in [0.2, 0.25) is 5.91 Å². The van der Waals surface area contributed by atoms with Crippen LogP contribution in [-0.4, -0.2) is 24.0 Å². The predicted octanol–water partition coefficient (Wildman–Crippen LogP) is 2.43. The number of carbonyl (C=O) groups is 1. The van der Waals surface area contributed by atoms with Crippen molar-refractivity contribution < 1.29 is 4.79 Å². The molecule has 1 saturated heterocycles. The largest absolute Gasteiger partial charge is 0.330 e. The van der Waals surface area contributed by atoms with Gasteiger partial charge in [-0.15, -0.1) is 11.3 Å². The Morgan fingerprint density at radius 1 is 1.40 bits per heavy atom. The van der Waals surface area contributed by atoms with Crippen molar-refractivity contribution in [3.63, 3.8) is 0 Å². The highest BCUT2D eigenvalue weighted by Crippen LogP contribution is 2.28. The normalized spacial score (nSPS) is 18.8. The monoisotopic (exact) mass is 287 g/mol. The second kappa shape index (κ2) is 5.34. The van der Waals surface area contributed by atoms with Gasteiger partial charge in [0.1, 0.15) is 0 Å². The van der Waals surface area contributed by atoms with Crippen LogP contribution in [0.2, 0.25) is 0 Å². The summed E-state index contributed by atoms with van der Waals surface area (Å²) in [5.74, 6) is 0.445. The Morgan fingerprint density at radius 2 is 2.15 bits per heavy atom. The first-order chi connectivity index (χ1) is 9.67. The first-order valence-corrected chi connectivity index (χ1v) is 7.58. The standard InChI is InChI=1S/C15H17N3OS/c1-10-17-14(9-20-10)12-2-4-13(5-3-12)18-8-11(7-16)6-15(18)19/h2-5,9,11H,6-8,16H2,1H3. The summed E-state index contributed by atoms with van der Waals surface area (Å²) < 4.78 is 0. The molecule has 2 heterocycles. The van der Waals surface area contributed by atoms with Gasteiger partial charge in [-0.3, -0.25) is 4.79 Å². The maximum atomic E-state index is 12.0. The molecule has 0 bridgehead atoms. The van der Waals surface area contributed by atoms with Crippen molar-refractivity contribution in [2.45, 2.75) is 13.3 Å². The number of hydrogen-bond donors (Lipinski definition) is 1. The van der Waals surface area contributed by atoms with Crippen LogP contribution in [0.1, 0.15) is 11.4 Å². The molecule has 1 fully saturated rings. The Kier molecular flexibility index (Phi) is 3.54. The topological polar surface area (TPSA) is 59.2 Å². The van der Waals surface area contributed by atoms with Gasteiger partial charge in [-0.05, 0) is 31.5 Å². The molecule has 0 aliphatic carbocycles. The lowest BCUT2D eigenvalue weighted by Gasteiger charge is -2.16. The summed E-state index contributed by atoms with van der Waals surface area (Å²) in [6.07, 6.45) is 0.559. The van der Waals surface area contributed by atoms with Crippen LogP contribution in [0, 0.1) is 12.8 Å². The lowest BCUT2D eigenvalue weighted by molar-refractivity contribution is -0.117. The van der Waals surface area contributed by atoms with Crippen LogP contribution in [0.25, 0.3) is 11.3 Å². The SMILES string of the molecule is Cc1nc(-c2ccc(N3CC(CN)CC3=O)cc2)cs1. The van der Waals surface area contributed by atoms with Crippen LogP contribution in [-0.2, 0) is 4.79 Å². The molecule has 0 radical (unpaired) electrons.